The van der Waals surface area contributed by atoms with Crippen molar-refractivity contribution in [3.05, 3.63) is 12.2 Å². The highest BCUT2D eigenvalue weighted by Gasteiger charge is 2.20. The van der Waals surface area contributed by atoms with E-state index in [1.165, 1.54) is 0 Å². The summed E-state index contributed by atoms with van der Waals surface area (Å²) in [6.07, 6.45) is 6.05. The molecule has 2 aliphatic rings. The largest absolute Gasteiger partial charge is 0.374 e. The zero-order chi connectivity index (χ0) is 10.5. The first-order chi connectivity index (χ1) is 7.36. The lowest BCUT2D eigenvalue weighted by Gasteiger charge is -2.24. The molecule has 1 fully saturated rings. The molecule has 0 spiro atoms. The van der Waals surface area contributed by atoms with E-state index >= 15 is 0 Å². The summed E-state index contributed by atoms with van der Waals surface area (Å²) in [6.45, 7) is 3.12. The van der Waals surface area contributed by atoms with Gasteiger partial charge in [-0.25, -0.2) is 0 Å². The van der Waals surface area contributed by atoms with E-state index in [4.69, 9.17) is 4.74 Å². The van der Waals surface area contributed by atoms with Gasteiger partial charge in [0.25, 0.3) is 0 Å². The second-order valence-electron chi connectivity index (χ2n) is 4.08. The Bertz CT molecular complexity index is 239. The van der Waals surface area contributed by atoms with Crippen molar-refractivity contribution in [1.82, 2.24) is 10.6 Å². The number of amides is 1. The topological polar surface area (TPSA) is 50.4 Å². The van der Waals surface area contributed by atoms with Crippen molar-refractivity contribution in [3.63, 3.8) is 0 Å². The van der Waals surface area contributed by atoms with Crippen molar-refractivity contribution in [1.29, 1.82) is 0 Å². The van der Waals surface area contributed by atoms with Crippen LogP contribution in [0.2, 0.25) is 0 Å². The van der Waals surface area contributed by atoms with E-state index in [-0.39, 0.29) is 17.9 Å². The van der Waals surface area contributed by atoms with E-state index in [1.807, 2.05) is 0 Å². The summed E-state index contributed by atoms with van der Waals surface area (Å²) in [5.74, 6) is 0.315. The molecule has 84 valence electrons. The molecule has 4 nitrogen and oxygen atoms in total. The molecule has 2 rings (SSSR count). The molecular weight excluding hydrogens is 192 g/mol. The second kappa shape index (κ2) is 5.28. The van der Waals surface area contributed by atoms with Crippen LogP contribution in [0.1, 0.15) is 12.8 Å². The van der Waals surface area contributed by atoms with Gasteiger partial charge in [-0.2, -0.15) is 0 Å². The SMILES string of the molecule is O=C(NCC1CNCCO1)C1CC=CC1. The Morgan fingerprint density at radius 3 is 2.93 bits per heavy atom. The summed E-state index contributed by atoms with van der Waals surface area (Å²) in [5, 5.41) is 6.19. The molecule has 15 heavy (non-hydrogen) atoms. The minimum Gasteiger partial charge on any atom is -0.374 e. The van der Waals surface area contributed by atoms with Crippen molar-refractivity contribution in [2.75, 3.05) is 26.2 Å². The molecule has 1 aliphatic heterocycles. The van der Waals surface area contributed by atoms with Gasteiger partial charge in [0, 0.05) is 25.6 Å². The number of allylic oxidation sites excluding steroid dienone is 2. The third kappa shape index (κ3) is 3.04. The number of hydrogen-bond donors (Lipinski definition) is 2. The van der Waals surface area contributed by atoms with Crippen molar-refractivity contribution < 1.29 is 9.53 Å². The third-order valence-electron chi connectivity index (χ3n) is 2.89. The zero-order valence-electron chi connectivity index (χ0n) is 8.87. The smallest absolute Gasteiger partial charge is 0.223 e. The average Bonchev–Trinajstić information content (AvgIpc) is 2.81. The summed E-state index contributed by atoms with van der Waals surface area (Å²) in [4.78, 5) is 11.7. The van der Waals surface area contributed by atoms with Crippen LogP contribution in [0.5, 0.6) is 0 Å². The van der Waals surface area contributed by atoms with Crippen LogP contribution in [-0.2, 0) is 9.53 Å². The van der Waals surface area contributed by atoms with Crippen LogP contribution in [0.4, 0.5) is 0 Å². The Hall–Kier alpha value is -0.870. The molecule has 0 saturated carbocycles. The van der Waals surface area contributed by atoms with E-state index in [0.29, 0.717) is 6.54 Å². The Kier molecular flexibility index (Phi) is 3.75. The van der Waals surface area contributed by atoms with Gasteiger partial charge in [0.05, 0.1) is 12.7 Å². The van der Waals surface area contributed by atoms with Gasteiger partial charge in [0.2, 0.25) is 5.91 Å². The first-order valence-corrected chi connectivity index (χ1v) is 5.61. The zero-order valence-corrected chi connectivity index (χ0v) is 8.87. The Morgan fingerprint density at radius 1 is 1.47 bits per heavy atom. The van der Waals surface area contributed by atoms with Crippen molar-refractivity contribution in [2.45, 2.75) is 18.9 Å². The van der Waals surface area contributed by atoms with Gasteiger partial charge < -0.3 is 15.4 Å². The van der Waals surface area contributed by atoms with Crippen LogP contribution < -0.4 is 10.6 Å². The lowest BCUT2D eigenvalue weighted by Crippen LogP contribution is -2.46. The van der Waals surface area contributed by atoms with Crippen LogP contribution >= 0.6 is 0 Å². The molecular formula is C11H18N2O2. The summed E-state index contributed by atoms with van der Waals surface area (Å²) < 4.78 is 5.50. The number of carbonyl (C=O) groups is 1. The predicted octanol–water partition coefficient (Wildman–Crippen LogP) is 0.0572. The molecule has 1 amide bonds. The van der Waals surface area contributed by atoms with Gasteiger partial charge in [-0.15, -0.1) is 0 Å². The van der Waals surface area contributed by atoms with Crippen LogP contribution in [0.25, 0.3) is 0 Å². The van der Waals surface area contributed by atoms with E-state index in [0.717, 1.165) is 32.5 Å². The molecule has 0 radical (unpaired) electrons. The highest BCUT2D eigenvalue weighted by molar-refractivity contribution is 5.79. The quantitative estimate of drug-likeness (QED) is 0.647. The van der Waals surface area contributed by atoms with E-state index < -0.39 is 0 Å². The number of hydrogen-bond acceptors (Lipinski definition) is 3. The van der Waals surface area contributed by atoms with Gasteiger partial charge in [0.15, 0.2) is 0 Å². The monoisotopic (exact) mass is 210 g/mol. The Labute approximate surface area is 90.1 Å². The number of carbonyl (C=O) groups excluding carboxylic acids is 1. The van der Waals surface area contributed by atoms with Crippen LogP contribution in [0.15, 0.2) is 12.2 Å². The predicted molar refractivity (Wildman–Crippen MR) is 57.5 cm³/mol. The summed E-state index contributed by atoms with van der Waals surface area (Å²) in [5.41, 5.74) is 0. The molecule has 0 aromatic carbocycles. The molecule has 1 aliphatic carbocycles. The lowest BCUT2D eigenvalue weighted by atomic mass is 10.1. The number of nitrogens with one attached hydrogen (secondary N) is 2. The van der Waals surface area contributed by atoms with Gasteiger partial charge >= 0.3 is 0 Å². The third-order valence-corrected chi connectivity index (χ3v) is 2.89. The maximum Gasteiger partial charge on any atom is 0.223 e. The molecule has 1 saturated heterocycles. The highest BCUT2D eigenvalue weighted by atomic mass is 16.5. The summed E-state index contributed by atoms with van der Waals surface area (Å²) in [6, 6.07) is 0. The van der Waals surface area contributed by atoms with E-state index in [1.54, 1.807) is 0 Å². The molecule has 0 bridgehead atoms. The fourth-order valence-corrected chi connectivity index (χ4v) is 1.94. The van der Waals surface area contributed by atoms with Crippen LogP contribution in [0, 0.1) is 5.92 Å². The molecule has 0 aromatic rings. The summed E-state index contributed by atoms with van der Waals surface area (Å²) in [7, 11) is 0. The van der Waals surface area contributed by atoms with Crippen LogP contribution in [0.3, 0.4) is 0 Å². The van der Waals surface area contributed by atoms with Crippen molar-refractivity contribution in [2.24, 2.45) is 5.92 Å². The molecule has 1 atom stereocenters. The Balaban J connectivity index is 1.65. The maximum atomic E-state index is 11.7. The summed E-state index contributed by atoms with van der Waals surface area (Å²) >= 11 is 0. The molecule has 4 heteroatoms. The van der Waals surface area contributed by atoms with Gasteiger partial charge in [0.1, 0.15) is 0 Å². The minimum atomic E-state index is 0.136. The van der Waals surface area contributed by atoms with Crippen molar-refractivity contribution in [3.8, 4) is 0 Å². The van der Waals surface area contributed by atoms with E-state index in [9.17, 15) is 4.79 Å². The molecule has 1 heterocycles. The molecule has 2 N–H and O–H groups in total. The average molecular weight is 210 g/mol. The first-order valence-electron chi connectivity index (χ1n) is 5.61. The van der Waals surface area contributed by atoms with Crippen molar-refractivity contribution >= 4 is 5.91 Å². The molecule has 1 unspecified atom stereocenters. The number of rotatable bonds is 3. The fourth-order valence-electron chi connectivity index (χ4n) is 1.94. The Morgan fingerprint density at radius 2 is 2.27 bits per heavy atom. The number of ether oxygens (including phenoxy) is 1. The minimum absolute atomic E-state index is 0.136. The fraction of sp³-hybridized carbons (Fsp3) is 0.727. The first kappa shape index (κ1) is 10.6. The second-order valence-corrected chi connectivity index (χ2v) is 4.08. The van der Waals surface area contributed by atoms with Gasteiger partial charge in [-0.1, -0.05) is 12.2 Å². The standard InChI is InChI=1S/C11H18N2O2/c14-11(9-3-1-2-4-9)13-8-10-7-12-5-6-15-10/h1-2,9-10,12H,3-8H2,(H,13,14). The van der Waals surface area contributed by atoms with E-state index in [2.05, 4.69) is 22.8 Å². The van der Waals surface area contributed by atoms with Gasteiger partial charge in [-0.05, 0) is 12.8 Å². The maximum absolute atomic E-state index is 11.7. The van der Waals surface area contributed by atoms with Crippen LogP contribution in [-0.4, -0.2) is 38.3 Å². The van der Waals surface area contributed by atoms with Gasteiger partial charge in [-0.3, -0.25) is 4.79 Å². The number of morpholine rings is 1. The normalized spacial score (nSPS) is 26.8. The lowest BCUT2D eigenvalue weighted by molar-refractivity contribution is -0.125. The molecule has 0 aromatic heterocycles. The highest BCUT2D eigenvalue weighted by Crippen LogP contribution is 2.17.